The van der Waals surface area contributed by atoms with Crippen molar-refractivity contribution < 1.29 is 19.1 Å². The zero-order valence-corrected chi connectivity index (χ0v) is 17.6. The molecule has 1 atom stereocenters. The van der Waals surface area contributed by atoms with E-state index in [4.69, 9.17) is 14.9 Å². The monoisotopic (exact) mass is 414 g/mol. The predicted octanol–water partition coefficient (Wildman–Crippen LogP) is 4.11. The fourth-order valence-corrected chi connectivity index (χ4v) is 3.76. The van der Waals surface area contributed by atoms with Crippen LogP contribution in [-0.4, -0.2) is 31.9 Å². The molecule has 0 aromatic heterocycles. The van der Waals surface area contributed by atoms with E-state index < -0.39 is 17.4 Å². The highest BCUT2D eigenvalue weighted by molar-refractivity contribution is 6.31. The molecule has 6 nitrogen and oxygen atoms in total. The van der Waals surface area contributed by atoms with Crippen molar-refractivity contribution in [2.45, 2.75) is 18.8 Å². The van der Waals surface area contributed by atoms with Gasteiger partial charge in [-0.25, -0.2) is 4.79 Å². The Hall–Kier alpha value is -3.98. The first-order valence-corrected chi connectivity index (χ1v) is 9.72. The lowest BCUT2D eigenvalue weighted by atomic mass is 9.68. The number of carbonyl (C=O) groups excluding carboxylic acids is 2. The van der Waals surface area contributed by atoms with Crippen LogP contribution in [0.5, 0.6) is 0 Å². The molecule has 1 aliphatic rings. The molecule has 1 N–H and O–H groups in total. The summed E-state index contributed by atoms with van der Waals surface area (Å²) in [5, 5.41) is 18.6. The lowest BCUT2D eigenvalue weighted by Gasteiger charge is -2.33. The minimum absolute atomic E-state index is 0.0158. The van der Waals surface area contributed by atoms with Gasteiger partial charge < -0.3 is 14.9 Å². The minimum atomic E-state index is -1.67. The first-order valence-electron chi connectivity index (χ1n) is 9.72. The summed E-state index contributed by atoms with van der Waals surface area (Å²) in [6, 6.07) is 16.6. The summed E-state index contributed by atoms with van der Waals surface area (Å²) in [5.74, 6) is -1.42. The Labute approximate surface area is 180 Å². The zero-order chi connectivity index (χ0) is 22.6. The molecule has 0 saturated carbocycles. The van der Waals surface area contributed by atoms with Crippen LogP contribution in [0.4, 0.5) is 0 Å². The molecule has 6 heteroatoms. The summed E-state index contributed by atoms with van der Waals surface area (Å²) in [4.78, 5) is 25.5. The molecule has 2 aromatic rings. The summed E-state index contributed by atoms with van der Waals surface area (Å²) >= 11 is 0. The maximum absolute atomic E-state index is 13.1. The van der Waals surface area contributed by atoms with Crippen molar-refractivity contribution in [3.05, 3.63) is 83.0 Å². The number of nitriles is 1. The van der Waals surface area contributed by atoms with Crippen molar-refractivity contribution in [1.29, 1.82) is 10.7 Å². The quantitative estimate of drug-likeness (QED) is 0.742. The highest BCUT2D eigenvalue weighted by Crippen LogP contribution is 2.39. The molecule has 0 radical (unpaired) electrons. The third kappa shape index (κ3) is 3.66. The second kappa shape index (κ2) is 8.80. The molecular weight excluding hydrogens is 392 g/mol. The molecule has 0 fully saturated rings. The summed E-state index contributed by atoms with van der Waals surface area (Å²) in [5.41, 5.74) is 1.04. The van der Waals surface area contributed by atoms with E-state index >= 15 is 0 Å². The van der Waals surface area contributed by atoms with Crippen molar-refractivity contribution in [2.24, 2.45) is 0 Å². The Morgan fingerprint density at radius 1 is 1.10 bits per heavy atom. The molecule has 0 amide bonds. The number of esters is 2. The van der Waals surface area contributed by atoms with Crippen molar-refractivity contribution in [1.82, 2.24) is 0 Å². The van der Waals surface area contributed by atoms with Crippen LogP contribution in [0.1, 0.15) is 24.5 Å². The van der Waals surface area contributed by atoms with Crippen molar-refractivity contribution in [2.75, 3.05) is 14.2 Å². The van der Waals surface area contributed by atoms with Crippen LogP contribution in [0.15, 0.2) is 71.8 Å². The lowest BCUT2D eigenvalue weighted by molar-refractivity contribution is -0.143. The minimum Gasteiger partial charge on any atom is -0.468 e. The number of nitrogens with zero attached hydrogens (tertiary/aromatic N) is 1. The van der Waals surface area contributed by atoms with E-state index in [0.29, 0.717) is 28.7 Å². The van der Waals surface area contributed by atoms with Gasteiger partial charge in [0.15, 0.2) is 5.41 Å². The summed E-state index contributed by atoms with van der Waals surface area (Å²) in [7, 11) is 2.46. The van der Waals surface area contributed by atoms with Crippen LogP contribution < -0.4 is 0 Å². The van der Waals surface area contributed by atoms with E-state index in [-0.39, 0.29) is 11.3 Å². The molecule has 0 spiro atoms. The average molecular weight is 414 g/mol. The topological polar surface area (TPSA) is 100 Å². The van der Waals surface area contributed by atoms with E-state index in [1.807, 2.05) is 37.3 Å². The van der Waals surface area contributed by atoms with Crippen LogP contribution in [0.2, 0.25) is 0 Å². The van der Waals surface area contributed by atoms with Gasteiger partial charge in [0, 0.05) is 0 Å². The number of hydrogen-bond acceptors (Lipinski definition) is 6. The van der Waals surface area contributed by atoms with Gasteiger partial charge in [-0.1, -0.05) is 55.5 Å². The fourth-order valence-electron chi connectivity index (χ4n) is 3.76. The van der Waals surface area contributed by atoms with Crippen LogP contribution >= 0.6 is 0 Å². The van der Waals surface area contributed by atoms with Crippen molar-refractivity contribution in [3.8, 4) is 17.2 Å². The number of carbonyl (C=O) groups is 2. The molecule has 0 heterocycles. The Morgan fingerprint density at radius 2 is 1.81 bits per heavy atom. The SMILES string of the molecule is CCC1=CC(C(=O)OC)(c2ccc(-c3ccccc3)c(C#N)c2)C(=N)C(C(=O)OC)=C1. The largest absolute Gasteiger partial charge is 0.468 e. The van der Waals surface area contributed by atoms with E-state index in [1.54, 1.807) is 30.4 Å². The number of allylic oxidation sites excluding steroid dienone is 2. The van der Waals surface area contributed by atoms with Gasteiger partial charge >= 0.3 is 11.9 Å². The van der Waals surface area contributed by atoms with E-state index in [2.05, 4.69) is 6.07 Å². The van der Waals surface area contributed by atoms with Gasteiger partial charge in [0.05, 0.1) is 37.1 Å². The lowest BCUT2D eigenvalue weighted by Crippen LogP contribution is -2.46. The normalized spacial score (nSPS) is 17.8. The second-order valence-electron chi connectivity index (χ2n) is 7.04. The Balaban J connectivity index is 2.27. The summed E-state index contributed by atoms with van der Waals surface area (Å²) in [6.45, 7) is 1.88. The first-order chi connectivity index (χ1) is 14.9. The molecule has 156 valence electrons. The van der Waals surface area contributed by atoms with Gasteiger partial charge in [-0.2, -0.15) is 5.26 Å². The molecule has 1 unspecified atom stereocenters. The molecule has 3 rings (SSSR count). The number of methoxy groups -OCH3 is 2. The number of rotatable bonds is 5. The summed E-state index contributed by atoms with van der Waals surface area (Å²) < 4.78 is 9.91. The Morgan fingerprint density at radius 3 is 2.39 bits per heavy atom. The highest BCUT2D eigenvalue weighted by Gasteiger charge is 2.48. The van der Waals surface area contributed by atoms with Crippen LogP contribution in [0.3, 0.4) is 0 Å². The number of hydrogen-bond donors (Lipinski definition) is 1. The molecule has 31 heavy (non-hydrogen) atoms. The number of nitrogens with one attached hydrogen (secondary N) is 1. The number of ether oxygens (including phenoxy) is 2. The molecule has 1 aliphatic carbocycles. The molecule has 0 bridgehead atoms. The van der Waals surface area contributed by atoms with Crippen molar-refractivity contribution >= 4 is 17.7 Å². The standard InChI is InChI=1S/C25H22N2O4/c1-4-16-12-21(23(28)30-2)22(27)25(14-16,24(29)31-3)19-10-11-20(18(13-19)15-26)17-8-6-5-7-9-17/h5-14,27H,4H2,1-3H3. The van der Waals surface area contributed by atoms with Crippen LogP contribution in [0.25, 0.3) is 11.1 Å². The zero-order valence-electron chi connectivity index (χ0n) is 17.6. The molecule has 0 aliphatic heterocycles. The van der Waals surface area contributed by atoms with Crippen LogP contribution in [0, 0.1) is 16.7 Å². The van der Waals surface area contributed by atoms with Crippen LogP contribution in [-0.2, 0) is 24.5 Å². The van der Waals surface area contributed by atoms with Gasteiger partial charge in [-0.3, -0.25) is 4.79 Å². The maximum Gasteiger partial charge on any atom is 0.339 e. The molecule has 2 aromatic carbocycles. The smallest absolute Gasteiger partial charge is 0.339 e. The maximum atomic E-state index is 13.1. The van der Waals surface area contributed by atoms with Gasteiger partial charge in [0.25, 0.3) is 0 Å². The Kier molecular flexibility index (Phi) is 6.17. The number of benzene rings is 2. The molecule has 0 saturated heterocycles. The summed E-state index contributed by atoms with van der Waals surface area (Å²) in [6.07, 6.45) is 3.71. The Bertz CT molecular complexity index is 1160. The van der Waals surface area contributed by atoms with Crippen molar-refractivity contribution in [3.63, 3.8) is 0 Å². The molecular formula is C25H22N2O4. The van der Waals surface area contributed by atoms with Gasteiger partial charge in [0.2, 0.25) is 0 Å². The fraction of sp³-hybridized carbons (Fsp3) is 0.200. The average Bonchev–Trinajstić information content (AvgIpc) is 2.83. The third-order valence-corrected chi connectivity index (χ3v) is 5.40. The highest BCUT2D eigenvalue weighted by atomic mass is 16.5. The first kappa shape index (κ1) is 21.7. The van der Waals surface area contributed by atoms with Gasteiger partial charge in [-0.05, 0) is 40.8 Å². The second-order valence-corrected chi connectivity index (χ2v) is 7.04. The predicted molar refractivity (Wildman–Crippen MR) is 116 cm³/mol. The third-order valence-electron chi connectivity index (χ3n) is 5.40. The van der Waals surface area contributed by atoms with Gasteiger partial charge in [0.1, 0.15) is 0 Å². The van der Waals surface area contributed by atoms with E-state index in [0.717, 1.165) is 5.56 Å². The van der Waals surface area contributed by atoms with Gasteiger partial charge in [-0.15, -0.1) is 0 Å². The van der Waals surface area contributed by atoms with E-state index in [9.17, 15) is 14.9 Å². The van der Waals surface area contributed by atoms with E-state index in [1.165, 1.54) is 14.2 Å².